The number of hydrazine groups is 2. The molecule has 0 amide bonds. The normalized spacial score (nSPS) is 14.3. The number of nitrogens with one attached hydrogen (secondary N) is 2. The van der Waals surface area contributed by atoms with Crippen molar-refractivity contribution in [3.05, 3.63) is 76.6 Å². The highest BCUT2D eigenvalue weighted by Gasteiger charge is 2.26. The van der Waals surface area contributed by atoms with Crippen molar-refractivity contribution in [3.63, 3.8) is 0 Å². The first-order valence-electron chi connectivity index (χ1n) is 9.57. The molecule has 1 aliphatic rings. The van der Waals surface area contributed by atoms with Gasteiger partial charge in [0.25, 0.3) is 0 Å². The number of aliphatic hydroxyl groups excluding tert-OH is 1. The molecule has 1 atom stereocenters. The van der Waals surface area contributed by atoms with E-state index in [1.807, 2.05) is 47.6 Å². The van der Waals surface area contributed by atoms with Gasteiger partial charge in [-0.2, -0.15) is 0 Å². The Balaban J connectivity index is 1.74. The van der Waals surface area contributed by atoms with E-state index >= 15 is 0 Å². The van der Waals surface area contributed by atoms with Gasteiger partial charge >= 0.3 is 0 Å². The summed E-state index contributed by atoms with van der Waals surface area (Å²) in [4.78, 5) is 12.8. The molecule has 0 aromatic heterocycles. The molecule has 2 aromatic carbocycles. The number of carbonyl (C=O) groups is 1. The quantitative estimate of drug-likeness (QED) is 0.554. The van der Waals surface area contributed by atoms with Crippen molar-refractivity contribution in [2.75, 3.05) is 20.3 Å². The lowest BCUT2D eigenvalue weighted by molar-refractivity contribution is -0.119. The highest BCUT2D eigenvalue weighted by Crippen LogP contribution is 2.26. The molecule has 6 nitrogen and oxygen atoms in total. The van der Waals surface area contributed by atoms with E-state index in [9.17, 15) is 9.90 Å². The average Bonchev–Trinajstić information content (AvgIpc) is 3.18. The first-order valence-corrected chi connectivity index (χ1v) is 9.95. The van der Waals surface area contributed by atoms with Crippen LogP contribution in [0.2, 0.25) is 5.02 Å². The third-order valence-electron chi connectivity index (χ3n) is 4.90. The van der Waals surface area contributed by atoms with E-state index in [-0.39, 0.29) is 18.3 Å². The second kappa shape index (κ2) is 10.3. The molecular weight excluding hydrogens is 390 g/mol. The highest BCUT2D eigenvalue weighted by atomic mass is 35.5. The number of Topliss-reactive ketones (excluding diaryl/α,β-unsaturated/α-hetero) is 1. The molecule has 0 fully saturated rings. The first-order chi connectivity index (χ1) is 14.1. The van der Waals surface area contributed by atoms with Gasteiger partial charge in [0, 0.05) is 30.0 Å². The maximum atomic E-state index is 12.8. The molecule has 3 N–H and O–H groups in total. The predicted molar refractivity (Wildman–Crippen MR) is 113 cm³/mol. The van der Waals surface area contributed by atoms with Crippen molar-refractivity contribution in [1.82, 2.24) is 16.0 Å². The number of hydrogen-bond donors (Lipinski definition) is 3. The van der Waals surface area contributed by atoms with E-state index in [2.05, 4.69) is 11.0 Å². The number of carbonyl (C=O) groups excluding carboxylic acids is 1. The Bertz CT molecular complexity index is 837. The standard InChI is InChI=1S/C22H26ClN3O3/c1-29-21-8-4-16(5-9-21)12-18(22-15-24-25-26(22)10-11-27)14-20(28)13-17-2-6-19(23)7-3-17/h2-9,15,18,24-25,27H,10-14H2,1H3/t18-/m1/s1. The van der Waals surface area contributed by atoms with Crippen LogP contribution in [0.4, 0.5) is 0 Å². The smallest absolute Gasteiger partial charge is 0.137 e. The van der Waals surface area contributed by atoms with Crippen molar-refractivity contribution in [1.29, 1.82) is 0 Å². The number of β-amino-alcohol motifs (C(OH)–C–C–N with tert-alkyl or cyclic N) is 1. The van der Waals surface area contributed by atoms with E-state index in [1.165, 1.54) is 0 Å². The van der Waals surface area contributed by atoms with Crippen LogP contribution in [0.1, 0.15) is 17.5 Å². The Hall–Kier alpha value is -2.54. The summed E-state index contributed by atoms with van der Waals surface area (Å²) in [7, 11) is 1.64. The number of ketones is 1. The SMILES string of the molecule is COc1ccc(C[C@H](CC(=O)Cc2ccc(Cl)cc2)C2=CNNN2CCO)cc1. The van der Waals surface area contributed by atoms with E-state index < -0.39 is 0 Å². The number of rotatable bonds is 10. The number of aliphatic hydroxyl groups is 1. The number of hydrogen-bond acceptors (Lipinski definition) is 6. The zero-order valence-corrected chi connectivity index (χ0v) is 17.2. The summed E-state index contributed by atoms with van der Waals surface area (Å²) in [6.45, 7) is 0.448. The lowest BCUT2D eigenvalue weighted by atomic mass is 9.89. The number of allylic oxidation sites excluding steroid dienone is 1. The van der Waals surface area contributed by atoms with E-state index in [1.54, 1.807) is 19.2 Å². The number of benzene rings is 2. The van der Waals surface area contributed by atoms with Gasteiger partial charge in [0.2, 0.25) is 0 Å². The fraction of sp³-hybridized carbons (Fsp3) is 0.318. The van der Waals surface area contributed by atoms with Crippen molar-refractivity contribution in [2.24, 2.45) is 5.92 Å². The lowest BCUT2D eigenvalue weighted by Gasteiger charge is -2.26. The highest BCUT2D eigenvalue weighted by molar-refractivity contribution is 6.30. The van der Waals surface area contributed by atoms with Crippen LogP contribution in [0.5, 0.6) is 5.75 Å². The summed E-state index contributed by atoms with van der Waals surface area (Å²) in [6, 6.07) is 15.2. The van der Waals surface area contributed by atoms with Gasteiger partial charge in [0.1, 0.15) is 11.5 Å². The Kier molecular flexibility index (Phi) is 7.52. The average molecular weight is 416 g/mol. The molecule has 0 aliphatic carbocycles. The summed E-state index contributed by atoms with van der Waals surface area (Å²) in [5.41, 5.74) is 9.01. The zero-order chi connectivity index (χ0) is 20.6. The minimum absolute atomic E-state index is 0.0139. The van der Waals surface area contributed by atoms with Crippen LogP contribution >= 0.6 is 11.6 Å². The fourth-order valence-electron chi connectivity index (χ4n) is 3.45. The largest absolute Gasteiger partial charge is 0.497 e. The maximum Gasteiger partial charge on any atom is 0.137 e. The van der Waals surface area contributed by atoms with Crippen LogP contribution in [-0.4, -0.2) is 36.2 Å². The van der Waals surface area contributed by atoms with Crippen LogP contribution < -0.4 is 15.7 Å². The number of ether oxygens (including phenoxy) is 1. The van der Waals surface area contributed by atoms with Crippen molar-refractivity contribution in [3.8, 4) is 5.75 Å². The van der Waals surface area contributed by atoms with Crippen LogP contribution in [0.3, 0.4) is 0 Å². The molecule has 3 rings (SSSR count). The van der Waals surface area contributed by atoms with Gasteiger partial charge in [-0.1, -0.05) is 35.9 Å². The molecule has 0 spiro atoms. The van der Waals surface area contributed by atoms with E-state index in [0.29, 0.717) is 30.8 Å². The van der Waals surface area contributed by atoms with Crippen molar-refractivity contribution in [2.45, 2.75) is 19.3 Å². The van der Waals surface area contributed by atoms with Gasteiger partial charge in [-0.15, -0.1) is 5.53 Å². The molecule has 1 aliphatic heterocycles. The summed E-state index contributed by atoms with van der Waals surface area (Å²) in [5.74, 6) is 0.925. The Labute approximate surface area is 176 Å². The molecule has 0 radical (unpaired) electrons. The monoisotopic (exact) mass is 415 g/mol. The molecular formula is C22H26ClN3O3. The summed E-state index contributed by atoms with van der Waals surface area (Å²) in [6.07, 6.45) is 3.32. The van der Waals surface area contributed by atoms with Crippen LogP contribution in [0.15, 0.2) is 60.4 Å². The molecule has 0 bridgehead atoms. The van der Waals surface area contributed by atoms with Crippen LogP contribution in [0.25, 0.3) is 0 Å². The Morgan fingerprint density at radius 2 is 1.83 bits per heavy atom. The van der Waals surface area contributed by atoms with Gasteiger partial charge in [-0.25, -0.2) is 0 Å². The van der Waals surface area contributed by atoms with Gasteiger partial charge in [-0.3, -0.25) is 9.80 Å². The number of nitrogens with zero attached hydrogens (tertiary/aromatic N) is 1. The molecule has 0 unspecified atom stereocenters. The fourth-order valence-corrected chi connectivity index (χ4v) is 3.58. The lowest BCUT2D eigenvalue weighted by Crippen LogP contribution is -2.41. The number of halogens is 1. The summed E-state index contributed by atoms with van der Waals surface area (Å²) in [5, 5.41) is 11.9. The minimum atomic E-state index is -0.0303. The molecule has 2 aromatic rings. The van der Waals surface area contributed by atoms with Gasteiger partial charge < -0.3 is 15.3 Å². The second-order valence-electron chi connectivity index (χ2n) is 7.00. The summed E-state index contributed by atoms with van der Waals surface area (Å²) >= 11 is 5.94. The third kappa shape index (κ3) is 5.97. The number of methoxy groups -OCH3 is 1. The predicted octanol–water partition coefficient (Wildman–Crippen LogP) is 2.87. The van der Waals surface area contributed by atoms with E-state index in [0.717, 1.165) is 22.6 Å². The van der Waals surface area contributed by atoms with E-state index in [4.69, 9.17) is 16.3 Å². The topological polar surface area (TPSA) is 73.8 Å². The van der Waals surface area contributed by atoms with Gasteiger partial charge in [-0.05, 0) is 41.8 Å². The zero-order valence-electron chi connectivity index (χ0n) is 16.4. The van der Waals surface area contributed by atoms with Crippen LogP contribution in [-0.2, 0) is 17.6 Å². The Morgan fingerprint density at radius 1 is 1.14 bits per heavy atom. The van der Waals surface area contributed by atoms with Crippen molar-refractivity contribution < 1.29 is 14.6 Å². The first kappa shape index (κ1) is 21.2. The summed E-state index contributed by atoms with van der Waals surface area (Å²) < 4.78 is 5.23. The van der Waals surface area contributed by atoms with Gasteiger partial charge in [0.15, 0.2) is 0 Å². The Morgan fingerprint density at radius 3 is 2.48 bits per heavy atom. The second-order valence-corrected chi connectivity index (χ2v) is 7.43. The third-order valence-corrected chi connectivity index (χ3v) is 5.15. The minimum Gasteiger partial charge on any atom is -0.497 e. The maximum absolute atomic E-state index is 12.8. The molecule has 29 heavy (non-hydrogen) atoms. The molecule has 1 heterocycles. The molecule has 154 valence electrons. The van der Waals surface area contributed by atoms with Crippen LogP contribution in [0, 0.1) is 5.92 Å². The van der Waals surface area contributed by atoms with Crippen molar-refractivity contribution >= 4 is 17.4 Å². The van der Waals surface area contributed by atoms with Gasteiger partial charge in [0.05, 0.1) is 26.0 Å². The molecule has 7 heteroatoms. The molecule has 0 saturated carbocycles. The molecule has 0 saturated heterocycles.